The van der Waals surface area contributed by atoms with Crippen molar-refractivity contribution in [1.82, 2.24) is 15.6 Å². The highest BCUT2D eigenvalue weighted by Gasteiger charge is 2.14. The number of nitrogens with one attached hydrogen (secondary N) is 2. The van der Waals surface area contributed by atoms with E-state index in [1.165, 1.54) is 4.88 Å². The average Bonchev–Trinajstić information content (AvgIpc) is 2.92. The molecule has 0 radical (unpaired) electrons. The summed E-state index contributed by atoms with van der Waals surface area (Å²) in [7, 11) is 0. The lowest BCUT2D eigenvalue weighted by Gasteiger charge is -2.22. The molecule has 1 aliphatic rings. The van der Waals surface area contributed by atoms with Crippen LogP contribution >= 0.6 is 11.3 Å². The van der Waals surface area contributed by atoms with E-state index in [0.717, 1.165) is 37.4 Å². The van der Waals surface area contributed by atoms with Crippen LogP contribution in [0.2, 0.25) is 0 Å². The zero-order chi connectivity index (χ0) is 13.5. The Balaban J connectivity index is 1.63. The molecule has 19 heavy (non-hydrogen) atoms. The maximum absolute atomic E-state index is 11.7. The van der Waals surface area contributed by atoms with E-state index in [1.807, 2.05) is 6.20 Å². The zero-order valence-electron chi connectivity index (χ0n) is 11.3. The van der Waals surface area contributed by atoms with Gasteiger partial charge in [0.1, 0.15) is 11.6 Å². The van der Waals surface area contributed by atoms with Crippen LogP contribution in [0.3, 0.4) is 0 Å². The largest absolute Gasteiger partial charge is 0.368 e. The van der Waals surface area contributed by atoms with Gasteiger partial charge in [0.2, 0.25) is 5.91 Å². The summed E-state index contributed by atoms with van der Waals surface area (Å²) in [5.41, 5.74) is 0. The summed E-state index contributed by atoms with van der Waals surface area (Å²) in [4.78, 5) is 17.2. The highest BCUT2D eigenvalue weighted by Crippen LogP contribution is 2.12. The van der Waals surface area contributed by atoms with Crippen molar-refractivity contribution in [3.05, 3.63) is 16.1 Å². The minimum atomic E-state index is -0.0632. The fourth-order valence-corrected chi connectivity index (χ4v) is 2.78. The summed E-state index contributed by atoms with van der Waals surface area (Å²) in [6.45, 7) is 4.70. The standard InChI is InChI=1S/C13H21N3O2S/c1-2-11-7-16-13(19-11)8-15-12(17)9-18-10-3-5-14-6-4-10/h7,10,14H,2-6,8-9H2,1H3,(H,15,17). The summed E-state index contributed by atoms with van der Waals surface area (Å²) in [6.07, 6.45) is 5.06. The number of aryl methyl sites for hydroxylation is 1. The van der Waals surface area contributed by atoms with E-state index in [4.69, 9.17) is 4.74 Å². The van der Waals surface area contributed by atoms with Crippen LogP contribution in [0.25, 0.3) is 0 Å². The van der Waals surface area contributed by atoms with Gasteiger partial charge < -0.3 is 15.4 Å². The minimum absolute atomic E-state index is 0.0632. The van der Waals surface area contributed by atoms with Crippen LogP contribution in [0.15, 0.2) is 6.20 Å². The average molecular weight is 283 g/mol. The fraction of sp³-hybridized carbons (Fsp3) is 0.692. The molecule has 1 aromatic rings. The highest BCUT2D eigenvalue weighted by atomic mass is 32.1. The molecule has 5 nitrogen and oxygen atoms in total. The minimum Gasteiger partial charge on any atom is -0.368 e. The second kappa shape index (κ2) is 7.57. The summed E-state index contributed by atoms with van der Waals surface area (Å²) in [5, 5.41) is 7.06. The van der Waals surface area contributed by atoms with E-state index in [1.54, 1.807) is 11.3 Å². The number of rotatable bonds is 6. The lowest BCUT2D eigenvalue weighted by Crippen LogP contribution is -2.35. The Bertz CT molecular complexity index is 402. The molecule has 0 spiro atoms. The van der Waals surface area contributed by atoms with Gasteiger partial charge in [0.15, 0.2) is 0 Å². The molecule has 6 heteroatoms. The van der Waals surface area contributed by atoms with Gasteiger partial charge in [-0.2, -0.15) is 0 Å². The molecule has 1 amide bonds. The van der Waals surface area contributed by atoms with Crippen LogP contribution in [0.1, 0.15) is 29.7 Å². The van der Waals surface area contributed by atoms with Gasteiger partial charge in [-0.1, -0.05) is 6.92 Å². The van der Waals surface area contributed by atoms with Gasteiger partial charge >= 0.3 is 0 Å². The van der Waals surface area contributed by atoms with Gasteiger partial charge in [-0.3, -0.25) is 4.79 Å². The van der Waals surface area contributed by atoms with E-state index in [9.17, 15) is 4.79 Å². The Morgan fingerprint density at radius 1 is 1.58 bits per heavy atom. The molecule has 2 heterocycles. The Morgan fingerprint density at radius 2 is 2.37 bits per heavy atom. The molecule has 1 fully saturated rings. The van der Waals surface area contributed by atoms with Gasteiger partial charge in [-0.05, 0) is 32.4 Å². The Morgan fingerprint density at radius 3 is 3.05 bits per heavy atom. The van der Waals surface area contributed by atoms with Crippen molar-refractivity contribution in [1.29, 1.82) is 0 Å². The third-order valence-electron chi connectivity index (χ3n) is 3.12. The normalized spacial score (nSPS) is 16.5. The van der Waals surface area contributed by atoms with Crippen LogP contribution < -0.4 is 10.6 Å². The topological polar surface area (TPSA) is 63.2 Å². The Hall–Kier alpha value is -0.980. The summed E-state index contributed by atoms with van der Waals surface area (Å²) < 4.78 is 5.59. The molecule has 0 atom stereocenters. The van der Waals surface area contributed by atoms with Crippen molar-refractivity contribution in [3.63, 3.8) is 0 Å². The van der Waals surface area contributed by atoms with E-state index < -0.39 is 0 Å². The van der Waals surface area contributed by atoms with E-state index in [-0.39, 0.29) is 18.6 Å². The maximum Gasteiger partial charge on any atom is 0.246 e. The van der Waals surface area contributed by atoms with Crippen molar-refractivity contribution < 1.29 is 9.53 Å². The molecule has 2 N–H and O–H groups in total. The second-order valence-electron chi connectivity index (χ2n) is 4.61. The zero-order valence-corrected chi connectivity index (χ0v) is 12.1. The van der Waals surface area contributed by atoms with E-state index in [2.05, 4.69) is 22.5 Å². The van der Waals surface area contributed by atoms with Crippen LogP contribution in [0.4, 0.5) is 0 Å². The van der Waals surface area contributed by atoms with Gasteiger partial charge in [0.05, 0.1) is 12.6 Å². The third kappa shape index (κ3) is 4.89. The van der Waals surface area contributed by atoms with E-state index in [0.29, 0.717) is 6.54 Å². The Kier molecular flexibility index (Phi) is 5.75. The first-order valence-corrected chi connectivity index (χ1v) is 7.62. The maximum atomic E-state index is 11.7. The molecule has 0 aromatic carbocycles. The summed E-state index contributed by atoms with van der Waals surface area (Å²) in [5.74, 6) is -0.0632. The van der Waals surface area contributed by atoms with E-state index >= 15 is 0 Å². The van der Waals surface area contributed by atoms with Crippen molar-refractivity contribution in [3.8, 4) is 0 Å². The molecule has 2 rings (SSSR count). The first-order valence-electron chi connectivity index (χ1n) is 6.80. The number of hydrogen-bond donors (Lipinski definition) is 2. The molecule has 0 saturated carbocycles. The number of ether oxygens (including phenoxy) is 1. The lowest BCUT2D eigenvalue weighted by molar-refractivity contribution is -0.128. The van der Waals surface area contributed by atoms with Crippen LogP contribution in [0.5, 0.6) is 0 Å². The number of carbonyl (C=O) groups excluding carboxylic acids is 1. The fourth-order valence-electron chi connectivity index (χ4n) is 1.97. The highest BCUT2D eigenvalue weighted by molar-refractivity contribution is 7.11. The first-order chi connectivity index (χ1) is 9.28. The van der Waals surface area contributed by atoms with Crippen molar-refractivity contribution in [2.75, 3.05) is 19.7 Å². The summed E-state index contributed by atoms with van der Waals surface area (Å²) in [6, 6.07) is 0. The van der Waals surface area contributed by atoms with Crippen LogP contribution in [-0.2, 0) is 22.5 Å². The molecular formula is C13H21N3O2S. The quantitative estimate of drug-likeness (QED) is 0.820. The number of amides is 1. The first kappa shape index (κ1) is 14.4. The molecule has 1 aromatic heterocycles. The number of aromatic nitrogens is 1. The molecule has 1 saturated heterocycles. The van der Waals surface area contributed by atoms with Crippen LogP contribution in [0, 0.1) is 0 Å². The van der Waals surface area contributed by atoms with Gasteiger partial charge in [-0.15, -0.1) is 11.3 Å². The molecule has 1 aliphatic heterocycles. The predicted octanol–water partition coefficient (Wildman–Crippen LogP) is 1.09. The number of piperidine rings is 1. The number of thiazole rings is 1. The van der Waals surface area contributed by atoms with Gasteiger partial charge in [0, 0.05) is 11.1 Å². The third-order valence-corrected chi connectivity index (χ3v) is 4.26. The summed E-state index contributed by atoms with van der Waals surface area (Å²) >= 11 is 1.65. The monoisotopic (exact) mass is 283 g/mol. The van der Waals surface area contributed by atoms with Gasteiger partial charge in [0.25, 0.3) is 0 Å². The molecule has 106 valence electrons. The molecule has 0 bridgehead atoms. The SMILES string of the molecule is CCc1cnc(CNC(=O)COC2CCNCC2)s1. The predicted molar refractivity (Wildman–Crippen MR) is 75.2 cm³/mol. The Labute approximate surface area is 117 Å². The molecular weight excluding hydrogens is 262 g/mol. The number of nitrogens with zero attached hydrogens (tertiary/aromatic N) is 1. The van der Waals surface area contributed by atoms with Crippen LogP contribution in [-0.4, -0.2) is 36.7 Å². The number of hydrogen-bond acceptors (Lipinski definition) is 5. The lowest BCUT2D eigenvalue weighted by atomic mass is 10.1. The second-order valence-corrected chi connectivity index (χ2v) is 5.81. The molecule has 0 aliphatic carbocycles. The van der Waals surface area contributed by atoms with Gasteiger partial charge in [-0.25, -0.2) is 4.98 Å². The number of carbonyl (C=O) groups is 1. The van der Waals surface area contributed by atoms with Crippen molar-refractivity contribution in [2.24, 2.45) is 0 Å². The van der Waals surface area contributed by atoms with Crippen molar-refractivity contribution >= 4 is 17.2 Å². The smallest absolute Gasteiger partial charge is 0.246 e. The molecule has 0 unspecified atom stereocenters. The van der Waals surface area contributed by atoms with Crippen molar-refractivity contribution in [2.45, 2.75) is 38.8 Å².